The minimum absolute atomic E-state index is 0.0394. The van der Waals surface area contributed by atoms with Crippen LogP contribution in [0.5, 0.6) is 0 Å². The molecule has 4 rings (SSSR count). The Morgan fingerprint density at radius 2 is 1.75 bits per heavy atom. The van der Waals surface area contributed by atoms with Crippen LogP contribution < -0.4 is 0 Å². The van der Waals surface area contributed by atoms with Gasteiger partial charge in [0.1, 0.15) is 5.41 Å². The smallest absolute Gasteiger partial charge is 0.320 e. The lowest BCUT2D eigenvalue weighted by molar-refractivity contribution is -0.168. The Morgan fingerprint density at radius 3 is 2.29 bits per heavy atom. The second-order valence-electron chi connectivity index (χ2n) is 9.12. The van der Waals surface area contributed by atoms with Crippen LogP contribution >= 0.6 is 0 Å². The molecule has 28 heavy (non-hydrogen) atoms. The van der Waals surface area contributed by atoms with Crippen molar-refractivity contribution in [2.45, 2.75) is 51.3 Å². The van der Waals surface area contributed by atoms with Gasteiger partial charge in [-0.15, -0.1) is 0 Å². The summed E-state index contributed by atoms with van der Waals surface area (Å²) in [5, 5.41) is 0. The predicted molar refractivity (Wildman–Crippen MR) is 103 cm³/mol. The van der Waals surface area contributed by atoms with Gasteiger partial charge in [0.25, 0.3) is 10.0 Å². The molecule has 2 atom stereocenters. The Kier molecular flexibility index (Phi) is 3.96. The zero-order chi connectivity index (χ0) is 20.5. The van der Waals surface area contributed by atoms with E-state index in [4.69, 9.17) is 4.74 Å². The standard InChI is InChI=1S/C21H25NO5S/c1-13-5-7-14(8-6-13)28(25,26)22-15-11-21(18(24)27-4)16(23)12-19(2,3)17(15)20(21)9-10-20/h5-8,17H,9-12H2,1-4H3/b22-15+/t17-,21+/m1/s1. The van der Waals surface area contributed by atoms with Gasteiger partial charge in [0.15, 0.2) is 5.78 Å². The van der Waals surface area contributed by atoms with Crippen molar-refractivity contribution in [3.63, 3.8) is 0 Å². The highest BCUT2D eigenvalue weighted by Crippen LogP contribution is 2.76. The molecule has 1 aromatic carbocycles. The second-order valence-corrected chi connectivity index (χ2v) is 10.7. The van der Waals surface area contributed by atoms with Gasteiger partial charge in [-0.05, 0) is 37.3 Å². The number of hydrogen-bond donors (Lipinski definition) is 0. The molecule has 0 aromatic heterocycles. The number of aryl methyl sites for hydroxylation is 1. The van der Waals surface area contributed by atoms with E-state index in [1.165, 1.54) is 19.2 Å². The van der Waals surface area contributed by atoms with Crippen molar-refractivity contribution >= 4 is 27.5 Å². The van der Waals surface area contributed by atoms with E-state index >= 15 is 0 Å². The first-order valence-corrected chi connectivity index (χ1v) is 11.0. The fraction of sp³-hybridized carbons (Fsp3) is 0.571. The molecule has 0 unspecified atom stereocenters. The van der Waals surface area contributed by atoms with Crippen LogP contribution in [0.2, 0.25) is 0 Å². The van der Waals surface area contributed by atoms with Gasteiger partial charge in [0, 0.05) is 29.9 Å². The van der Waals surface area contributed by atoms with Gasteiger partial charge >= 0.3 is 5.97 Å². The lowest BCUT2D eigenvalue weighted by Gasteiger charge is -2.46. The highest BCUT2D eigenvalue weighted by Gasteiger charge is 2.80. The molecule has 3 saturated carbocycles. The third-order valence-electron chi connectivity index (χ3n) is 6.93. The topological polar surface area (TPSA) is 89.9 Å². The molecule has 0 amide bonds. The quantitative estimate of drug-likeness (QED) is 0.571. The highest BCUT2D eigenvalue weighted by molar-refractivity contribution is 7.90. The molecule has 7 heteroatoms. The molecule has 3 aliphatic carbocycles. The van der Waals surface area contributed by atoms with Gasteiger partial charge in [-0.1, -0.05) is 31.5 Å². The molecule has 0 aliphatic heterocycles. The zero-order valence-electron chi connectivity index (χ0n) is 16.6. The minimum Gasteiger partial charge on any atom is -0.468 e. The molecule has 0 N–H and O–H groups in total. The van der Waals surface area contributed by atoms with Crippen LogP contribution in [0.3, 0.4) is 0 Å². The van der Waals surface area contributed by atoms with Crippen LogP contribution in [0.4, 0.5) is 0 Å². The summed E-state index contributed by atoms with van der Waals surface area (Å²) < 4.78 is 35.2. The second kappa shape index (κ2) is 5.75. The van der Waals surface area contributed by atoms with E-state index in [0.29, 0.717) is 18.6 Å². The number of rotatable bonds is 3. The van der Waals surface area contributed by atoms with Gasteiger partial charge in [0.2, 0.25) is 0 Å². The molecule has 0 saturated heterocycles. The predicted octanol–water partition coefficient (Wildman–Crippen LogP) is 3.08. The monoisotopic (exact) mass is 403 g/mol. The number of nitrogens with zero attached hydrogens (tertiary/aromatic N) is 1. The number of esters is 1. The van der Waals surface area contributed by atoms with E-state index in [-0.39, 0.29) is 29.4 Å². The van der Waals surface area contributed by atoms with Crippen LogP contribution in [0.25, 0.3) is 0 Å². The first-order chi connectivity index (χ1) is 13.0. The summed E-state index contributed by atoms with van der Waals surface area (Å²) in [5.41, 5.74) is -0.899. The molecule has 0 heterocycles. The number of methoxy groups -OCH3 is 1. The molecule has 150 valence electrons. The first-order valence-electron chi connectivity index (χ1n) is 9.52. The van der Waals surface area contributed by atoms with Crippen LogP contribution in [-0.4, -0.2) is 33.0 Å². The van der Waals surface area contributed by atoms with Gasteiger partial charge < -0.3 is 4.74 Å². The minimum atomic E-state index is -3.92. The van der Waals surface area contributed by atoms with Crippen molar-refractivity contribution in [2.24, 2.45) is 26.6 Å². The van der Waals surface area contributed by atoms with Crippen LogP contribution in [0, 0.1) is 29.1 Å². The summed E-state index contributed by atoms with van der Waals surface area (Å²) in [7, 11) is -2.64. The summed E-state index contributed by atoms with van der Waals surface area (Å²) in [5.74, 6) is -0.915. The Labute approximate surface area is 165 Å². The molecule has 2 bridgehead atoms. The van der Waals surface area contributed by atoms with Crippen LogP contribution in [0.1, 0.15) is 45.1 Å². The van der Waals surface area contributed by atoms with Crippen molar-refractivity contribution in [1.82, 2.24) is 0 Å². The van der Waals surface area contributed by atoms with Crippen molar-refractivity contribution in [1.29, 1.82) is 0 Å². The molecule has 3 aliphatic rings. The number of ether oxygens (including phenoxy) is 1. The lowest BCUT2D eigenvalue weighted by Crippen LogP contribution is -2.53. The van der Waals surface area contributed by atoms with E-state index in [1.807, 2.05) is 20.8 Å². The van der Waals surface area contributed by atoms with E-state index in [1.54, 1.807) is 12.1 Å². The zero-order valence-corrected chi connectivity index (χ0v) is 17.4. The largest absolute Gasteiger partial charge is 0.468 e. The number of ketones is 1. The van der Waals surface area contributed by atoms with E-state index < -0.39 is 32.2 Å². The first kappa shape index (κ1) is 19.3. The molecule has 0 radical (unpaired) electrons. The molecule has 6 nitrogen and oxygen atoms in total. The molecular formula is C21H25NO5S. The van der Waals surface area contributed by atoms with Crippen LogP contribution in [0.15, 0.2) is 33.6 Å². The maximum Gasteiger partial charge on any atom is 0.320 e. The molecule has 1 spiro atoms. The third-order valence-corrected chi connectivity index (χ3v) is 8.28. The maximum atomic E-state index is 13.2. The Balaban J connectivity index is 1.87. The van der Waals surface area contributed by atoms with Crippen molar-refractivity contribution < 1.29 is 22.7 Å². The van der Waals surface area contributed by atoms with E-state index in [9.17, 15) is 18.0 Å². The average Bonchev–Trinajstić information content (AvgIpc) is 3.32. The average molecular weight is 404 g/mol. The number of carbonyl (C=O) groups excluding carboxylic acids is 2. The number of hydrogen-bond acceptors (Lipinski definition) is 5. The third kappa shape index (κ3) is 2.38. The summed E-state index contributed by atoms with van der Waals surface area (Å²) in [4.78, 5) is 26.1. The molecule has 3 fully saturated rings. The van der Waals surface area contributed by atoms with E-state index in [2.05, 4.69) is 4.40 Å². The van der Waals surface area contributed by atoms with Gasteiger partial charge in [-0.2, -0.15) is 12.8 Å². The summed E-state index contributed by atoms with van der Waals surface area (Å²) in [6, 6.07) is 6.53. The number of sulfonamides is 1. The van der Waals surface area contributed by atoms with Gasteiger partial charge in [-0.3, -0.25) is 9.59 Å². The van der Waals surface area contributed by atoms with Gasteiger partial charge in [-0.25, -0.2) is 0 Å². The fourth-order valence-electron chi connectivity index (χ4n) is 5.77. The Hall–Kier alpha value is -2.02. The van der Waals surface area contributed by atoms with Gasteiger partial charge in [0.05, 0.1) is 12.0 Å². The van der Waals surface area contributed by atoms with Crippen molar-refractivity contribution in [3.05, 3.63) is 29.8 Å². The normalized spacial score (nSPS) is 31.2. The van der Waals surface area contributed by atoms with Crippen molar-refractivity contribution in [2.75, 3.05) is 7.11 Å². The summed E-state index contributed by atoms with van der Waals surface area (Å²) in [6.45, 7) is 5.82. The Bertz CT molecular complexity index is 1000. The Morgan fingerprint density at radius 1 is 1.14 bits per heavy atom. The van der Waals surface area contributed by atoms with Crippen molar-refractivity contribution in [3.8, 4) is 0 Å². The lowest BCUT2D eigenvalue weighted by atomic mass is 9.55. The summed E-state index contributed by atoms with van der Waals surface area (Å²) >= 11 is 0. The summed E-state index contributed by atoms with van der Waals surface area (Å²) in [6.07, 6.45) is 1.69. The van der Waals surface area contributed by atoms with E-state index in [0.717, 1.165) is 5.56 Å². The number of Topliss-reactive ketones (excluding diaryl/α,β-unsaturated/α-hetero) is 1. The molecule has 1 aromatic rings. The van der Waals surface area contributed by atoms with Crippen LogP contribution in [-0.2, 0) is 24.3 Å². The SMILES string of the molecule is COC(=O)[C@]12C/C(=N\S(=O)(=O)c3ccc(C)cc3)[C@H](C(C)(C)CC1=O)C21CC1. The number of benzene rings is 1. The molecular weight excluding hydrogens is 378 g/mol. The maximum absolute atomic E-state index is 13.2. The highest BCUT2D eigenvalue weighted by atomic mass is 32.2. The number of carbonyl (C=O) groups is 2. The fourth-order valence-corrected chi connectivity index (χ4v) is 6.84.